The van der Waals surface area contributed by atoms with Crippen LogP contribution < -0.4 is 10.2 Å². The fraction of sp³-hybridized carbons (Fsp3) is 0.600. The number of rotatable bonds is 5. The maximum absolute atomic E-state index is 14.1. The summed E-state index contributed by atoms with van der Waals surface area (Å²) < 4.78 is 33.0. The van der Waals surface area contributed by atoms with E-state index in [1.807, 2.05) is 4.90 Å². The van der Waals surface area contributed by atoms with Gasteiger partial charge in [0.1, 0.15) is 18.2 Å². The molecule has 168 valence electrons. The highest BCUT2D eigenvalue weighted by molar-refractivity contribution is 14.0. The Morgan fingerprint density at radius 3 is 2.63 bits per heavy atom. The van der Waals surface area contributed by atoms with Gasteiger partial charge in [0.15, 0.2) is 5.96 Å². The van der Waals surface area contributed by atoms with Crippen molar-refractivity contribution in [2.24, 2.45) is 10.9 Å². The van der Waals surface area contributed by atoms with Crippen molar-refractivity contribution in [2.45, 2.75) is 6.42 Å². The second kappa shape index (κ2) is 11.6. The summed E-state index contributed by atoms with van der Waals surface area (Å²) in [6.45, 7) is 4.56. The van der Waals surface area contributed by atoms with Crippen LogP contribution >= 0.6 is 24.0 Å². The van der Waals surface area contributed by atoms with E-state index in [1.54, 1.807) is 14.1 Å². The summed E-state index contributed by atoms with van der Waals surface area (Å²) in [6.07, 6.45) is 1.00. The molecule has 3 rings (SSSR count). The first-order chi connectivity index (χ1) is 13.9. The van der Waals surface area contributed by atoms with Crippen molar-refractivity contribution in [1.82, 2.24) is 15.1 Å². The zero-order chi connectivity index (χ0) is 20.8. The van der Waals surface area contributed by atoms with Crippen molar-refractivity contribution in [3.63, 3.8) is 0 Å². The average molecular weight is 537 g/mol. The number of piperazine rings is 1. The van der Waals surface area contributed by atoms with Crippen LogP contribution in [0.5, 0.6) is 0 Å². The molecule has 0 aliphatic carbocycles. The lowest BCUT2D eigenvalue weighted by Gasteiger charge is -2.38. The van der Waals surface area contributed by atoms with Crippen LogP contribution in [0, 0.1) is 17.6 Å². The van der Waals surface area contributed by atoms with Crippen LogP contribution in [0.4, 0.5) is 14.5 Å². The van der Waals surface area contributed by atoms with Gasteiger partial charge in [0.2, 0.25) is 5.91 Å². The average Bonchev–Trinajstić information content (AvgIpc) is 3.23. The zero-order valence-corrected chi connectivity index (χ0v) is 19.8. The molecular formula is C20H30F2IN5O2. The second-order valence-corrected chi connectivity index (χ2v) is 7.61. The molecule has 1 aromatic carbocycles. The van der Waals surface area contributed by atoms with Gasteiger partial charge in [-0.25, -0.2) is 13.8 Å². The number of guanidine groups is 1. The maximum Gasteiger partial charge on any atom is 0.243 e. The van der Waals surface area contributed by atoms with Crippen molar-refractivity contribution in [3.8, 4) is 0 Å². The Balaban J connectivity index is 0.00000320. The molecule has 10 heteroatoms. The maximum atomic E-state index is 14.1. The molecule has 2 aliphatic heterocycles. The van der Waals surface area contributed by atoms with Crippen LogP contribution in [0.15, 0.2) is 23.2 Å². The fourth-order valence-corrected chi connectivity index (χ4v) is 3.42. The lowest BCUT2D eigenvalue weighted by molar-refractivity contribution is -0.127. The third kappa shape index (κ3) is 6.66. The Kier molecular flexibility index (Phi) is 9.53. The molecule has 2 aliphatic rings. The van der Waals surface area contributed by atoms with Crippen molar-refractivity contribution >= 4 is 41.5 Å². The highest BCUT2D eigenvalue weighted by atomic mass is 127. The van der Waals surface area contributed by atoms with Gasteiger partial charge in [-0.3, -0.25) is 4.79 Å². The summed E-state index contributed by atoms with van der Waals surface area (Å²) in [6, 6.07) is 3.51. The molecule has 2 saturated heterocycles. The van der Waals surface area contributed by atoms with E-state index in [1.165, 1.54) is 11.0 Å². The minimum absolute atomic E-state index is 0. The summed E-state index contributed by atoms with van der Waals surface area (Å²) in [5.41, 5.74) is 0.280. The fourth-order valence-electron chi connectivity index (χ4n) is 3.42. The number of halogens is 3. The largest absolute Gasteiger partial charge is 0.381 e. The number of nitrogens with one attached hydrogen (secondary N) is 1. The number of carbonyl (C=O) groups is 1. The molecule has 0 saturated carbocycles. The quantitative estimate of drug-likeness (QED) is 0.353. The first kappa shape index (κ1) is 24.6. The van der Waals surface area contributed by atoms with E-state index in [-0.39, 0.29) is 42.1 Å². The second-order valence-electron chi connectivity index (χ2n) is 7.61. The first-order valence-electron chi connectivity index (χ1n) is 9.95. The summed E-state index contributed by atoms with van der Waals surface area (Å²) in [5.74, 6) is 0.145. The lowest BCUT2D eigenvalue weighted by Crippen LogP contribution is -2.53. The zero-order valence-electron chi connectivity index (χ0n) is 17.4. The third-order valence-corrected chi connectivity index (χ3v) is 5.26. The number of likely N-dealkylation sites (N-methyl/N-ethyl adjacent to an activating group) is 1. The summed E-state index contributed by atoms with van der Waals surface area (Å²) in [4.78, 5) is 21.9. The number of anilines is 1. The van der Waals surface area contributed by atoms with Gasteiger partial charge in [0, 0.05) is 65.4 Å². The highest BCUT2D eigenvalue weighted by Gasteiger charge is 2.24. The molecule has 2 fully saturated rings. The van der Waals surface area contributed by atoms with Gasteiger partial charge in [-0.05, 0) is 18.6 Å². The monoisotopic (exact) mass is 537 g/mol. The van der Waals surface area contributed by atoms with Crippen LogP contribution in [-0.2, 0) is 9.53 Å². The number of nitrogens with zero attached hydrogens (tertiary/aromatic N) is 4. The van der Waals surface area contributed by atoms with Crippen LogP contribution in [0.25, 0.3) is 0 Å². The van der Waals surface area contributed by atoms with E-state index in [0.717, 1.165) is 38.3 Å². The van der Waals surface area contributed by atoms with E-state index in [9.17, 15) is 13.6 Å². The van der Waals surface area contributed by atoms with Crippen LogP contribution in [0.1, 0.15) is 6.42 Å². The van der Waals surface area contributed by atoms with Crippen molar-refractivity contribution in [1.29, 1.82) is 0 Å². The van der Waals surface area contributed by atoms with Crippen LogP contribution in [0.3, 0.4) is 0 Å². The van der Waals surface area contributed by atoms with Gasteiger partial charge < -0.3 is 24.8 Å². The van der Waals surface area contributed by atoms with E-state index in [0.29, 0.717) is 38.1 Å². The Bertz CT molecular complexity index is 736. The number of ether oxygens (including phenoxy) is 1. The standard InChI is InChI=1S/C20H29F2N5O2.HI/c1-25(2)19(28)13-24-20(23-12-15-5-10-29-14-15)27-8-6-26(7-9-27)18-11-16(21)3-4-17(18)22;/h3-4,11,15H,5-10,12-14H2,1-2H3,(H,23,24);1H. The van der Waals surface area contributed by atoms with E-state index >= 15 is 0 Å². The van der Waals surface area contributed by atoms with Crippen LogP contribution in [0.2, 0.25) is 0 Å². The molecule has 7 nitrogen and oxygen atoms in total. The molecule has 1 aromatic rings. The van der Waals surface area contributed by atoms with Crippen molar-refractivity contribution < 1.29 is 18.3 Å². The Morgan fingerprint density at radius 1 is 1.27 bits per heavy atom. The highest BCUT2D eigenvalue weighted by Crippen LogP contribution is 2.22. The molecule has 1 unspecified atom stereocenters. The Morgan fingerprint density at radius 2 is 2.00 bits per heavy atom. The Hall–Kier alpha value is -1.69. The van der Waals surface area contributed by atoms with E-state index in [2.05, 4.69) is 15.2 Å². The number of hydrogen-bond donors (Lipinski definition) is 1. The topological polar surface area (TPSA) is 60.4 Å². The van der Waals surface area contributed by atoms with Crippen molar-refractivity contribution in [2.75, 3.05) is 71.5 Å². The molecule has 0 radical (unpaired) electrons. The molecule has 2 heterocycles. The number of carbonyl (C=O) groups excluding carboxylic acids is 1. The Labute approximate surface area is 193 Å². The van der Waals surface area contributed by atoms with E-state index < -0.39 is 11.6 Å². The smallest absolute Gasteiger partial charge is 0.243 e. The molecule has 0 aromatic heterocycles. The minimum Gasteiger partial charge on any atom is -0.381 e. The number of hydrogen-bond acceptors (Lipinski definition) is 4. The summed E-state index contributed by atoms with van der Waals surface area (Å²) in [5, 5.41) is 3.37. The van der Waals surface area contributed by atoms with Gasteiger partial charge in [0.25, 0.3) is 0 Å². The lowest BCUT2D eigenvalue weighted by atomic mass is 10.1. The molecule has 1 atom stereocenters. The first-order valence-corrected chi connectivity index (χ1v) is 9.95. The molecule has 0 spiro atoms. The summed E-state index contributed by atoms with van der Waals surface area (Å²) in [7, 11) is 3.40. The third-order valence-electron chi connectivity index (χ3n) is 5.26. The van der Waals surface area contributed by atoms with Crippen LogP contribution in [-0.4, -0.2) is 88.2 Å². The SMILES string of the molecule is CN(C)C(=O)CN=C(NCC1CCOC1)N1CCN(c2cc(F)ccc2F)CC1.I. The predicted molar refractivity (Wildman–Crippen MR) is 123 cm³/mol. The van der Waals surface area contributed by atoms with Gasteiger partial charge in [-0.2, -0.15) is 0 Å². The van der Waals surface area contributed by atoms with Gasteiger partial charge in [-0.1, -0.05) is 0 Å². The minimum atomic E-state index is -0.450. The van der Waals surface area contributed by atoms with Gasteiger partial charge >= 0.3 is 0 Å². The molecule has 30 heavy (non-hydrogen) atoms. The number of benzene rings is 1. The normalized spacial score (nSPS) is 19.5. The number of aliphatic imine (C=N–C) groups is 1. The molecule has 1 N–H and O–H groups in total. The molecular weight excluding hydrogens is 507 g/mol. The van der Waals surface area contributed by atoms with Gasteiger partial charge in [-0.15, -0.1) is 24.0 Å². The molecule has 1 amide bonds. The van der Waals surface area contributed by atoms with E-state index in [4.69, 9.17) is 4.74 Å². The number of amides is 1. The van der Waals surface area contributed by atoms with Crippen molar-refractivity contribution in [3.05, 3.63) is 29.8 Å². The molecule has 0 bridgehead atoms. The summed E-state index contributed by atoms with van der Waals surface area (Å²) >= 11 is 0. The van der Waals surface area contributed by atoms with Gasteiger partial charge in [0.05, 0.1) is 12.3 Å². The predicted octanol–water partition coefficient (Wildman–Crippen LogP) is 1.78.